The molecule has 2 aromatic carbocycles. The minimum absolute atomic E-state index is 0.115. The molecule has 0 saturated carbocycles. The fourth-order valence-corrected chi connectivity index (χ4v) is 2.35. The molecule has 2 amide bonds. The quantitative estimate of drug-likeness (QED) is 0.324. The number of aromatic hydroxyl groups is 2. The Kier molecular flexibility index (Phi) is 6.01. The van der Waals surface area contributed by atoms with Crippen LogP contribution in [0.1, 0.15) is 32.1 Å². The maximum Gasteiger partial charge on any atom is 0.275 e. The normalized spacial score (nSPS) is 11.0. The van der Waals surface area contributed by atoms with Gasteiger partial charge in [0.05, 0.1) is 34.9 Å². The van der Waals surface area contributed by atoms with Crippen molar-refractivity contribution in [2.75, 3.05) is 0 Å². The van der Waals surface area contributed by atoms with Crippen molar-refractivity contribution in [1.29, 1.82) is 0 Å². The zero-order chi connectivity index (χ0) is 20.6. The third-order valence-corrected chi connectivity index (χ3v) is 3.77. The van der Waals surface area contributed by atoms with Crippen molar-refractivity contribution in [1.82, 2.24) is 15.8 Å². The van der Waals surface area contributed by atoms with Crippen LogP contribution in [-0.4, -0.2) is 39.4 Å². The zero-order valence-electron chi connectivity index (χ0n) is 15.0. The summed E-state index contributed by atoms with van der Waals surface area (Å²) in [4.78, 5) is 26.8. The molecule has 0 saturated heterocycles. The smallest absolute Gasteiger partial charge is 0.275 e. The van der Waals surface area contributed by atoms with Crippen molar-refractivity contribution < 1.29 is 19.8 Å². The molecule has 0 aliphatic heterocycles. The Bertz CT molecular complexity index is 1000. The summed E-state index contributed by atoms with van der Waals surface area (Å²) in [5.41, 5.74) is 6.02. The molecule has 3 rings (SSSR count). The van der Waals surface area contributed by atoms with E-state index in [-0.39, 0.29) is 22.6 Å². The molecule has 0 aliphatic carbocycles. The van der Waals surface area contributed by atoms with Gasteiger partial charge in [0.25, 0.3) is 11.8 Å². The highest BCUT2D eigenvalue weighted by Crippen LogP contribution is 2.15. The molecule has 146 valence electrons. The van der Waals surface area contributed by atoms with Crippen LogP contribution in [0.3, 0.4) is 0 Å². The van der Waals surface area contributed by atoms with Crippen molar-refractivity contribution in [3.05, 3.63) is 83.2 Å². The number of carbonyl (C=O) groups excluding carboxylic acids is 2. The number of amides is 2. The summed E-state index contributed by atoms with van der Waals surface area (Å²) in [5.74, 6) is -1.35. The van der Waals surface area contributed by atoms with Crippen LogP contribution in [0.25, 0.3) is 0 Å². The van der Waals surface area contributed by atoms with Crippen LogP contribution in [0.2, 0.25) is 0 Å². The Morgan fingerprint density at radius 2 is 1.14 bits per heavy atom. The largest absolute Gasteiger partial charge is 0.507 e. The molecule has 1 heterocycles. The lowest BCUT2D eigenvalue weighted by atomic mass is 10.2. The van der Waals surface area contributed by atoms with E-state index in [0.717, 1.165) is 0 Å². The highest BCUT2D eigenvalue weighted by Gasteiger charge is 2.09. The average molecular weight is 391 g/mol. The average Bonchev–Trinajstić information content (AvgIpc) is 3.16. The first-order chi connectivity index (χ1) is 14.0. The molecule has 9 nitrogen and oxygen atoms in total. The Labute approximate surface area is 165 Å². The monoisotopic (exact) mass is 391 g/mol. The van der Waals surface area contributed by atoms with Crippen LogP contribution in [0.5, 0.6) is 11.5 Å². The summed E-state index contributed by atoms with van der Waals surface area (Å²) in [6, 6.07) is 15.7. The van der Waals surface area contributed by atoms with Crippen LogP contribution in [0.15, 0.2) is 70.9 Å². The highest BCUT2D eigenvalue weighted by atomic mass is 16.3. The van der Waals surface area contributed by atoms with Crippen LogP contribution in [0.4, 0.5) is 0 Å². The third-order valence-electron chi connectivity index (χ3n) is 3.77. The number of aromatic amines is 1. The molecule has 0 atom stereocenters. The SMILES string of the molecule is O=C(N/N=C\c1ccc(/C=N\NC(=O)c2ccccc2O)[nH]1)c1ccccc1O. The maximum atomic E-state index is 11.9. The lowest BCUT2D eigenvalue weighted by Crippen LogP contribution is -2.17. The van der Waals surface area contributed by atoms with E-state index in [0.29, 0.717) is 11.4 Å². The molecule has 0 radical (unpaired) electrons. The summed E-state index contributed by atoms with van der Waals surface area (Å²) >= 11 is 0. The van der Waals surface area contributed by atoms with Crippen molar-refractivity contribution in [3.63, 3.8) is 0 Å². The molecule has 0 aliphatic rings. The first kappa shape index (κ1) is 19.4. The zero-order valence-corrected chi connectivity index (χ0v) is 15.0. The number of nitrogens with one attached hydrogen (secondary N) is 3. The number of hydrogen-bond donors (Lipinski definition) is 5. The first-order valence-corrected chi connectivity index (χ1v) is 8.46. The number of para-hydroxylation sites is 2. The molecular weight excluding hydrogens is 374 g/mol. The highest BCUT2D eigenvalue weighted by molar-refractivity contribution is 5.98. The van der Waals surface area contributed by atoms with E-state index < -0.39 is 11.8 Å². The summed E-state index contributed by atoms with van der Waals surface area (Å²) in [7, 11) is 0. The lowest BCUT2D eigenvalue weighted by Gasteiger charge is -2.01. The van der Waals surface area contributed by atoms with Crippen LogP contribution >= 0.6 is 0 Å². The molecule has 5 N–H and O–H groups in total. The van der Waals surface area contributed by atoms with E-state index in [1.807, 2.05) is 0 Å². The number of phenolic OH excluding ortho intramolecular Hbond substituents is 2. The second kappa shape index (κ2) is 9.00. The van der Waals surface area contributed by atoms with Gasteiger partial charge in [0.2, 0.25) is 0 Å². The molecule has 0 fully saturated rings. The third kappa shape index (κ3) is 5.07. The number of phenols is 2. The molecule has 1 aromatic heterocycles. The Morgan fingerprint density at radius 3 is 1.55 bits per heavy atom. The van der Waals surface area contributed by atoms with E-state index in [9.17, 15) is 19.8 Å². The number of hydrogen-bond acceptors (Lipinski definition) is 6. The van der Waals surface area contributed by atoms with Gasteiger partial charge in [0, 0.05) is 0 Å². The standard InChI is InChI=1S/C20H17N5O4/c26-17-7-3-1-5-15(17)19(28)24-21-11-13-9-10-14(23-13)12-22-25-20(29)16-6-2-4-8-18(16)27/h1-12,23,26-27H,(H,24,28)(H,25,29)/b21-11-,22-12-. The van der Waals surface area contributed by atoms with E-state index in [1.54, 1.807) is 36.4 Å². The fourth-order valence-electron chi connectivity index (χ4n) is 2.35. The van der Waals surface area contributed by atoms with Crippen molar-refractivity contribution in [3.8, 4) is 11.5 Å². The second-order valence-electron chi connectivity index (χ2n) is 5.80. The van der Waals surface area contributed by atoms with Gasteiger partial charge in [-0.25, -0.2) is 10.9 Å². The lowest BCUT2D eigenvalue weighted by molar-refractivity contribution is 0.0944. The Hall–Kier alpha value is -4.40. The number of hydrazone groups is 2. The molecule has 3 aromatic rings. The van der Waals surface area contributed by atoms with Crippen molar-refractivity contribution in [2.45, 2.75) is 0 Å². The van der Waals surface area contributed by atoms with Gasteiger partial charge < -0.3 is 15.2 Å². The van der Waals surface area contributed by atoms with Gasteiger partial charge in [-0.05, 0) is 36.4 Å². The minimum Gasteiger partial charge on any atom is -0.507 e. The van der Waals surface area contributed by atoms with Crippen LogP contribution in [-0.2, 0) is 0 Å². The Balaban J connectivity index is 1.54. The topological polar surface area (TPSA) is 139 Å². The predicted octanol–water partition coefficient (Wildman–Crippen LogP) is 1.95. The summed E-state index contributed by atoms with van der Waals surface area (Å²) in [5, 5.41) is 26.9. The Morgan fingerprint density at radius 1 is 0.724 bits per heavy atom. The second-order valence-corrected chi connectivity index (χ2v) is 5.80. The first-order valence-electron chi connectivity index (χ1n) is 8.46. The maximum absolute atomic E-state index is 11.9. The van der Waals surface area contributed by atoms with E-state index in [1.165, 1.54) is 36.7 Å². The van der Waals surface area contributed by atoms with Gasteiger partial charge in [0.1, 0.15) is 11.5 Å². The minimum atomic E-state index is -0.542. The molecule has 0 unspecified atom stereocenters. The number of rotatable bonds is 6. The van der Waals surface area contributed by atoms with Gasteiger partial charge in [-0.1, -0.05) is 24.3 Å². The fraction of sp³-hybridized carbons (Fsp3) is 0. The van der Waals surface area contributed by atoms with Gasteiger partial charge >= 0.3 is 0 Å². The molecule has 0 bridgehead atoms. The van der Waals surface area contributed by atoms with Crippen molar-refractivity contribution >= 4 is 24.2 Å². The molecule has 29 heavy (non-hydrogen) atoms. The number of nitrogens with zero attached hydrogens (tertiary/aromatic N) is 2. The molecular formula is C20H17N5O4. The number of aromatic nitrogens is 1. The van der Waals surface area contributed by atoms with Gasteiger partial charge in [-0.2, -0.15) is 10.2 Å². The van der Waals surface area contributed by atoms with Gasteiger partial charge in [-0.3, -0.25) is 9.59 Å². The van der Waals surface area contributed by atoms with E-state index >= 15 is 0 Å². The van der Waals surface area contributed by atoms with E-state index in [2.05, 4.69) is 26.0 Å². The molecule has 0 spiro atoms. The van der Waals surface area contributed by atoms with Crippen LogP contribution < -0.4 is 10.9 Å². The summed E-state index contributed by atoms with van der Waals surface area (Å²) in [6.45, 7) is 0. The predicted molar refractivity (Wildman–Crippen MR) is 107 cm³/mol. The summed E-state index contributed by atoms with van der Waals surface area (Å²) in [6.07, 6.45) is 2.77. The number of benzene rings is 2. The van der Waals surface area contributed by atoms with Crippen molar-refractivity contribution in [2.24, 2.45) is 10.2 Å². The van der Waals surface area contributed by atoms with Gasteiger partial charge in [-0.15, -0.1) is 0 Å². The molecule has 9 heteroatoms. The number of carbonyl (C=O) groups is 2. The van der Waals surface area contributed by atoms with Gasteiger partial charge in [0.15, 0.2) is 0 Å². The van der Waals surface area contributed by atoms with Crippen LogP contribution in [0, 0.1) is 0 Å². The number of H-pyrrole nitrogens is 1. The van der Waals surface area contributed by atoms with E-state index in [4.69, 9.17) is 0 Å². The summed E-state index contributed by atoms with van der Waals surface area (Å²) < 4.78 is 0.